The first kappa shape index (κ1) is 18.6. The van der Waals surface area contributed by atoms with Crippen LogP contribution in [0, 0.1) is 0 Å². The highest BCUT2D eigenvalue weighted by Crippen LogP contribution is 2.29. The van der Waals surface area contributed by atoms with E-state index < -0.39 is 12.1 Å². The molecular formula is C22H20N4O3. The van der Waals surface area contributed by atoms with E-state index >= 15 is 0 Å². The highest BCUT2D eigenvalue weighted by atomic mass is 16.2. The van der Waals surface area contributed by atoms with Gasteiger partial charge in [-0.1, -0.05) is 42.5 Å². The van der Waals surface area contributed by atoms with E-state index in [0.717, 1.165) is 16.5 Å². The van der Waals surface area contributed by atoms with E-state index in [1.807, 2.05) is 48.5 Å². The molecule has 0 aliphatic carbocycles. The number of pyridine rings is 1. The van der Waals surface area contributed by atoms with E-state index in [2.05, 4.69) is 15.6 Å². The Kier molecular flexibility index (Phi) is 5.20. The van der Waals surface area contributed by atoms with E-state index in [1.165, 1.54) is 4.90 Å². The van der Waals surface area contributed by atoms with Gasteiger partial charge in [0.15, 0.2) is 0 Å². The van der Waals surface area contributed by atoms with Crippen LogP contribution in [-0.2, 0) is 16.1 Å². The molecule has 1 aliphatic rings. The lowest BCUT2D eigenvalue weighted by Crippen LogP contribution is -2.32. The molecule has 1 aromatic heterocycles. The summed E-state index contributed by atoms with van der Waals surface area (Å²) in [4.78, 5) is 42.8. The molecule has 4 amide bonds. The molecule has 0 bridgehead atoms. The van der Waals surface area contributed by atoms with Gasteiger partial charge in [-0.15, -0.1) is 0 Å². The van der Waals surface area contributed by atoms with Crippen molar-refractivity contribution in [2.75, 3.05) is 4.90 Å². The first-order chi connectivity index (χ1) is 14.1. The summed E-state index contributed by atoms with van der Waals surface area (Å²) >= 11 is 0. The number of anilines is 1. The van der Waals surface area contributed by atoms with Gasteiger partial charge >= 0.3 is 6.03 Å². The van der Waals surface area contributed by atoms with Gasteiger partial charge in [0.05, 0.1) is 17.9 Å². The Morgan fingerprint density at radius 3 is 2.66 bits per heavy atom. The van der Waals surface area contributed by atoms with Crippen LogP contribution < -0.4 is 15.5 Å². The second-order valence-corrected chi connectivity index (χ2v) is 6.81. The van der Waals surface area contributed by atoms with Gasteiger partial charge in [0.2, 0.25) is 5.91 Å². The molecule has 3 aromatic rings. The maximum Gasteiger partial charge on any atom is 0.329 e. The molecule has 7 nitrogen and oxygen atoms in total. The summed E-state index contributed by atoms with van der Waals surface area (Å²) in [6.45, 7) is 0.326. The summed E-state index contributed by atoms with van der Waals surface area (Å²) in [6, 6.07) is 17.4. The monoisotopic (exact) mass is 388 g/mol. The summed E-state index contributed by atoms with van der Waals surface area (Å²) in [5, 5.41) is 7.24. The molecule has 1 unspecified atom stereocenters. The van der Waals surface area contributed by atoms with Crippen LogP contribution in [0.1, 0.15) is 18.5 Å². The molecule has 1 fully saturated rings. The van der Waals surface area contributed by atoms with E-state index in [0.29, 0.717) is 12.2 Å². The van der Waals surface area contributed by atoms with Gasteiger partial charge in [0, 0.05) is 18.0 Å². The third-order valence-corrected chi connectivity index (χ3v) is 4.88. The average molecular weight is 388 g/mol. The fourth-order valence-electron chi connectivity index (χ4n) is 3.41. The van der Waals surface area contributed by atoms with E-state index in [1.54, 1.807) is 18.3 Å². The van der Waals surface area contributed by atoms with Gasteiger partial charge in [-0.3, -0.25) is 14.6 Å². The van der Waals surface area contributed by atoms with Gasteiger partial charge in [0.25, 0.3) is 5.91 Å². The molecule has 29 heavy (non-hydrogen) atoms. The van der Waals surface area contributed by atoms with E-state index in [4.69, 9.17) is 0 Å². The normalized spacial score (nSPS) is 16.1. The van der Waals surface area contributed by atoms with Crippen molar-refractivity contribution in [3.63, 3.8) is 0 Å². The predicted octanol–water partition coefficient (Wildman–Crippen LogP) is 2.76. The molecule has 1 atom stereocenters. The largest absolute Gasteiger partial charge is 0.350 e. The Morgan fingerprint density at radius 2 is 1.83 bits per heavy atom. The van der Waals surface area contributed by atoms with Crippen LogP contribution in [0.2, 0.25) is 0 Å². The molecule has 4 rings (SSSR count). The zero-order chi connectivity index (χ0) is 20.2. The number of fused-ring (bicyclic) bond motifs is 1. The van der Waals surface area contributed by atoms with Crippen LogP contribution in [0.4, 0.5) is 10.5 Å². The number of amides is 4. The van der Waals surface area contributed by atoms with Crippen molar-refractivity contribution in [2.24, 2.45) is 0 Å². The topological polar surface area (TPSA) is 91.4 Å². The van der Waals surface area contributed by atoms with Gasteiger partial charge in [-0.2, -0.15) is 0 Å². The number of benzene rings is 2. The SMILES string of the molecule is O=C(CCC1NC(=O)N(c2cccc3ccccc23)C1=O)NCc1ccccn1. The number of hydrogen-bond donors (Lipinski definition) is 2. The Balaban J connectivity index is 1.40. The lowest BCUT2D eigenvalue weighted by Gasteiger charge is -2.15. The minimum atomic E-state index is -0.720. The number of nitrogens with zero attached hydrogens (tertiary/aromatic N) is 2. The molecule has 2 aromatic carbocycles. The van der Waals surface area contributed by atoms with Crippen LogP contribution in [0.25, 0.3) is 10.8 Å². The molecule has 2 heterocycles. The van der Waals surface area contributed by atoms with Crippen LogP contribution in [0.3, 0.4) is 0 Å². The molecular weight excluding hydrogens is 368 g/mol. The maximum absolute atomic E-state index is 12.9. The van der Waals surface area contributed by atoms with E-state index in [9.17, 15) is 14.4 Å². The first-order valence-electron chi connectivity index (χ1n) is 9.42. The van der Waals surface area contributed by atoms with Crippen molar-refractivity contribution in [3.8, 4) is 0 Å². The second-order valence-electron chi connectivity index (χ2n) is 6.81. The Bertz CT molecular complexity index is 1060. The van der Waals surface area contributed by atoms with Gasteiger partial charge in [-0.25, -0.2) is 9.69 Å². The number of hydrogen-bond acceptors (Lipinski definition) is 4. The van der Waals surface area contributed by atoms with Crippen LogP contribution in [0.15, 0.2) is 66.9 Å². The molecule has 1 saturated heterocycles. The highest BCUT2D eigenvalue weighted by Gasteiger charge is 2.39. The summed E-state index contributed by atoms with van der Waals surface area (Å²) in [5.41, 5.74) is 1.31. The lowest BCUT2D eigenvalue weighted by molar-refractivity contribution is -0.122. The minimum absolute atomic E-state index is 0.132. The summed E-state index contributed by atoms with van der Waals surface area (Å²) in [6.07, 6.45) is 2.03. The summed E-state index contributed by atoms with van der Waals surface area (Å²) in [5.74, 6) is -0.537. The average Bonchev–Trinajstić information content (AvgIpc) is 3.04. The smallest absolute Gasteiger partial charge is 0.329 e. The highest BCUT2D eigenvalue weighted by molar-refractivity contribution is 6.24. The summed E-state index contributed by atoms with van der Waals surface area (Å²) < 4.78 is 0. The number of rotatable bonds is 6. The third kappa shape index (κ3) is 3.94. The molecule has 0 spiro atoms. The van der Waals surface area contributed by atoms with Gasteiger partial charge < -0.3 is 10.6 Å². The molecule has 2 N–H and O–H groups in total. The van der Waals surface area contributed by atoms with Crippen LogP contribution in [-0.4, -0.2) is 28.9 Å². The number of imide groups is 1. The fraction of sp³-hybridized carbons (Fsp3) is 0.182. The number of urea groups is 1. The standard InChI is InChI=1S/C22H20N4O3/c27-20(24-14-16-8-3-4-13-23-16)12-11-18-21(28)26(22(29)25-18)19-10-5-7-15-6-1-2-9-17(15)19/h1-10,13,18H,11-12,14H2,(H,24,27)(H,25,29). The zero-order valence-corrected chi connectivity index (χ0v) is 15.7. The van der Waals surface area contributed by atoms with Crippen molar-refractivity contribution in [2.45, 2.75) is 25.4 Å². The van der Waals surface area contributed by atoms with E-state index in [-0.39, 0.29) is 24.7 Å². The van der Waals surface area contributed by atoms with Crippen molar-refractivity contribution in [1.82, 2.24) is 15.6 Å². The van der Waals surface area contributed by atoms with Crippen LogP contribution in [0.5, 0.6) is 0 Å². The molecule has 146 valence electrons. The molecule has 0 radical (unpaired) electrons. The number of aromatic nitrogens is 1. The second kappa shape index (κ2) is 8.10. The van der Waals surface area contributed by atoms with Gasteiger partial charge in [0.1, 0.15) is 6.04 Å². The Morgan fingerprint density at radius 1 is 1.03 bits per heavy atom. The van der Waals surface area contributed by atoms with Crippen molar-refractivity contribution >= 4 is 34.3 Å². The zero-order valence-electron chi connectivity index (χ0n) is 15.7. The maximum atomic E-state index is 12.9. The van der Waals surface area contributed by atoms with Crippen molar-refractivity contribution < 1.29 is 14.4 Å². The van der Waals surface area contributed by atoms with Gasteiger partial charge in [-0.05, 0) is 30.0 Å². The first-order valence-corrected chi connectivity index (χ1v) is 9.42. The quantitative estimate of drug-likeness (QED) is 0.635. The van der Waals surface area contributed by atoms with Crippen molar-refractivity contribution in [1.29, 1.82) is 0 Å². The predicted molar refractivity (Wildman–Crippen MR) is 109 cm³/mol. The third-order valence-electron chi connectivity index (χ3n) is 4.88. The minimum Gasteiger partial charge on any atom is -0.350 e. The Hall–Kier alpha value is -3.74. The fourth-order valence-corrected chi connectivity index (χ4v) is 3.41. The lowest BCUT2D eigenvalue weighted by atomic mass is 10.1. The summed E-state index contributed by atoms with van der Waals surface area (Å²) in [7, 11) is 0. The molecule has 0 saturated carbocycles. The number of nitrogens with one attached hydrogen (secondary N) is 2. The number of carbonyl (C=O) groups is 3. The van der Waals surface area contributed by atoms with Crippen LogP contribution >= 0.6 is 0 Å². The number of carbonyl (C=O) groups excluding carboxylic acids is 3. The molecule has 7 heteroatoms. The Labute approximate surface area is 167 Å². The van der Waals surface area contributed by atoms with Crippen molar-refractivity contribution in [3.05, 3.63) is 72.6 Å². The molecule has 1 aliphatic heterocycles.